The minimum Gasteiger partial charge on any atom is -0.382 e. The molecule has 0 bridgehead atoms. The van der Waals surface area contributed by atoms with Crippen LogP contribution in [0.3, 0.4) is 0 Å². The third-order valence-corrected chi connectivity index (χ3v) is 12.1. The van der Waals surface area contributed by atoms with Crippen LogP contribution in [0.4, 0.5) is 0 Å². The quantitative estimate of drug-likeness (QED) is 0.0319. The molecule has 0 aromatic heterocycles. The summed E-state index contributed by atoms with van der Waals surface area (Å²) in [7, 11) is -8.11. The fraction of sp³-hybridized carbons (Fsp3) is 1.00. The summed E-state index contributed by atoms with van der Waals surface area (Å²) in [6.07, 6.45) is -5.50. The summed E-state index contributed by atoms with van der Waals surface area (Å²) < 4.78 is 164. The lowest BCUT2D eigenvalue weighted by molar-refractivity contribution is -0.184. The fourth-order valence-corrected chi connectivity index (χ4v) is 8.83. The largest absolute Gasteiger partial charge is 0.382 e. The zero-order chi connectivity index (χ0) is 45.5. The van der Waals surface area contributed by atoms with Gasteiger partial charge in [-0.25, -0.2) is 0 Å². The molecule has 1 fully saturated rings. The second-order valence-electron chi connectivity index (χ2n) is 11.9. The van der Waals surface area contributed by atoms with E-state index in [1.54, 1.807) is 14.0 Å². The molecule has 32 heteroatoms. The van der Waals surface area contributed by atoms with E-state index in [0.717, 1.165) is 0 Å². The molecule has 372 valence electrons. The molecule has 0 amide bonds. The van der Waals surface area contributed by atoms with Gasteiger partial charge in [-0.05, 0) is 0 Å². The Labute approximate surface area is 378 Å². The minimum atomic E-state index is -2.18. The van der Waals surface area contributed by atoms with Crippen LogP contribution < -0.4 is 0 Å². The van der Waals surface area contributed by atoms with Crippen molar-refractivity contribution in [1.29, 1.82) is 0 Å². The van der Waals surface area contributed by atoms with Gasteiger partial charge in [0, 0.05) is 13.0 Å². The van der Waals surface area contributed by atoms with E-state index in [-0.39, 0.29) is 56.8 Å². The maximum atomic E-state index is 9.52. The molecule has 0 aromatic rings. The Hall–Kier alpha value is 1.64. The number of methoxy groups -OCH3 is 1. The first-order valence-electron chi connectivity index (χ1n) is 18.9. The Bertz CT molecular complexity index is 1140. The van der Waals surface area contributed by atoms with Crippen molar-refractivity contribution < 1.29 is 111 Å². The van der Waals surface area contributed by atoms with E-state index in [4.69, 9.17) is 74.9 Å². The van der Waals surface area contributed by atoms with Gasteiger partial charge in [0.25, 0.3) is 0 Å². The third kappa shape index (κ3) is 34.9. The van der Waals surface area contributed by atoms with Gasteiger partial charge in [0.1, 0.15) is 103 Å². The summed E-state index contributed by atoms with van der Waals surface area (Å²) in [5, 5.41) is 0. The van der Waals surface area contributed by atoms with Gasteiger partial charge in [0.2, 0.25) is 0 Å². The maximum absolute atomic E-state index is 9.52. The highest BCUT2D eigenvalue weighted by atomic mass is 32.5. The summed E-state index contributed by atoms with van der Waals surface area (Å²) in [4.78, 5) is 0. The molecule has 1 aliphatic carbocycles. The molecule has 0 aliphatic heterocycles. The second-order valence-corrected chi connectivity index (χ2v) is 21.0. The molecule has 0 radical (unpaired) electrons. The van der Waals surface area contributed by atoms with Gasteiger partial charge in [-0.15, -0.1) is 0 Å². The minimum absolute atomic E-state index is 0.0575. The zero-order valence-corrected chi connectivity index (χ0v) is 41.4. The van der Waals surface area contributed by atoms with E-state index < -0.39 is 79.0 Å². The number of hydrogen-bond acceptors (Lipinski definition) is 16. The normalized spacial score (nSPS) is 21.1. The van der Waals surface area contributed by atoms with Crippen LogP contribution in [0, 0.1) is 5.92 Å². The summed E-state index contributed by atoms with van der Waals surface area (Å²) >= 11 is 0. The van der Waals surface area contributed by atoms with Gasteiger partial charge in [-0.2, -0.15) is 0 Å². The summed E-state index contributed by atoms with van der Waals surface area (Å²) in [5.41, 5.74) is 0. The van der Waals surface area contributed by atoms with E-state index >= 15 is 0 Å². The van der Waals surface area contributed by atoms with E-state index in [0.29, 0.717) is 119 Å². The third-order valence-electron chi connectivity index (χ3n) is 7.58. The van der Waals surface area contributed by atoms with Crippen molar-refractivity contribution in [3.63, 3.8) is 0 Å². The van der Waals surface area contributed by atoms with Gasteiger partial charge >= 0.3 is 0 Å². The van der Waals surface area contributed by atoms with Crippen LogP contribution in [0.5, 0.6) is 0 Å². The van der Waals surface area contributed by atoms with Crippen LogP contribution in [-0.2, 0) is 117 Å². The van der Waals surface area contributed by atoms with Crippen LogP contribution >= 0.6 is 30.3 Å². The SMILES string of the molecule is COCCOCCOCCOCCOCCOCCOCCOCCOCCOCCOCCOC1C(OP=S(O)O)[C@H](OP=S(O)O)C(C)C(OP=S(O)O)[C@@H]1OP=S(O)O. The maximum Gasteiger partial charge on any atom is 0.147 e. The molecule has 0 saturated heterocycles. The average molecular weight is 1060 g/mol. The molecular formula is C30H64O24P4S4. The van der Waals surface area contributed by atoms with Crippen molar-refractivity contribution in [2.24, 2.45) is 5.92 Å². The van der Waals surface area contributed by atoms with Gasteiger partial charge < -0.3 is 111 Å². The van der Waals surface area contributed by atoms with E-state index in [2.05, 4.69) is 0 Å². The molecule has 0 aromatic carbocycles. The molecule has 24 nitrogen and oxygen atoms in total. The summed E-state index contributed by atoms with van der Waals surface area (Å²) in [6.45, 7) is 10.3. The highest BCUT2D eigenvalue weighted by molar-refractivity contribution is 8.13. The highest BCUT2D eigenvalue weighted by Gasteiger charge is 2.53. The molecule has 62 heavy (non-hydrogen) atoms. The van der Waals surface area contributed by atoms with E-state index in [1.165, 1.54) is 0 Å². The molecule has 0 spiro atoms. The Kier molecular flexibility index (Phi) is 43.6. The lowest BCUT2D eigenvalue weighted by atomic mass is 9.79. The lowest BCUT2D eigenvalue weighted by Gasteiger charge is -2.46. The Morgan fingerprint density at radius 2 is 0.516 bits per heavy atom. The van der Waals surface area contributed by atoms with Crippen molar-refractivity contribution >= 4 is 72.9 Å². The van der Waals surface area contributed by atoms with Gasteiger partial charge in [0.05, 0.1) is 145 Å². The standard InChI is InChI=1S/C30H64O24P4S4/c1-25-26(51-55-59(31)32)29(53-57-61(35)36)28(30(54-58-62(37)38)27(25)52-56-60(33)34)50-24-23-49-22-21-48-20-19-47-18-17-46-16-15-45-14-13-44-12-11-43-10-9-42-8-7-41-6-5-40-4-3-39-2/h25-38H,3-24H2,1-2H3/t25?,26-,27?,28?,29?,30+/m1/s1. The topological polar surface area (TPSA) is 310 Å². The number of rotatable bonds is 42. The first kappa shape index (κ1) is 61.7. The van der Waals surface area contributed by atoms with Crippen LogP contribution in [0.25, 0.3) is 0 Å². The molecule has 4 unspecified atom stereocenters. The monoisotopic (exact) mass is 1060 g/mol. The molecule has 0 heterocycles. The zero-order valence-electron chi connectivity index (χ0n) is 34.6. The average Bonchev–Trinajstić information content (AvgIpc) is 3.23. The van der Waals surface area contributed by atoms with Crippen LogP contribution in [-0.4, -0.2) is 219 Å². The van der Waals surface area contributed by atoms with E-state index in [1.807, 2.05) is 0 Å². The van der Waals surface area contributed by atoms with Crippen LogP contribution in [0.15, 0.2) is 0 Å². The van der Waals surface area contributed by atoms with Crippen LogP contribution in [0.1, 0.15) is 6.92 Å². The predicted octanol–water partition coefficient (Wildman–Crippen LogP) is 3.74. The molecular weight excluding hydrogens is 996 g/mol. The van der Waals surface area contributed by atoms with Crippen LogP contribution in [0.2, 0.25) is 0 Å². The fourth-order valence-electron chi connectivity index (χ4n) is 4.91. The number of hydrogen-bond donors (Lipinski definition) is 8. The summed E-state index contributed by atoms with van der Waals surface area (Å²) in [5.74, 6) is -0.724. The number of ether oxygens (including phenoxy) is 12. The van der Waals surface area contributed by atoms with Crippen molar-refractivity contribution in [3.8, 4) is 0 Å². The first-order chi connectivity index (χ1) is 30.1. The Morgan fingerprint density at radius 3 is 0.742 bits per heavy atom. The Balaban J connectivity index is 2.18. The van der Waals surface area contributed by atoms with Crippen molar-refractivity contribution in [2.45, 2.75) is 37.4 Å². The molecule has 6 atom stereocenters. The molecule has 1 aliphatic rings. The second kappa shape index (κ2) is 43.9. The van der Waals surface area contributed by atoms with E-state index in [9.17, 15) is 36.4 Å². The summed E-state index contributed by atoms with van der Waals surface area (Å²) in [6, 6.07) is 0. The molecule has 8 N–H and O–H groups in total. The molecule has 1 saturated carbocycles. The van der Waals surface area contributed by atoms with Crippen molar-refractivity contribution in [2.75, 3.05) is 152 Å². The smallest absolute Gasteiger partial charge is 0.147 e. The van der Waals surface area contributed by atoms with Gasteiger partial charge in [-0.3, -0.25) is 0 Å². The highest BCUT2D eigenvalue weighted by Crippen LogP contribution is 2.41. The van der Waals surface area contributed by atoms with Gasteiger partial charge in [0.15, 0.2) is 0 Å². The van der Waals surface area contributed by atoms with Gasteiger partial charge in [-0.1, -0.05) is 6.92 Å². The molecule has 1 rings (SSSR count). The lowest BCUT2D eigenvalue weighted by Crippen LogP contribution is -2.62. The first-order valence-corrected chi connectivity index (χ1v) is 29.2. The van der Waals surface area contributed by atoms with Crippen molar-refractivity contribution in [1.82, 2.24) is 0 Å². The predicted molar refractivity (Wildman–Crippen MR) is 237 cm³/mol. The Morgan fingerprint density at radius 1 is 0.306 bits per heavy atom. The van der Waals surface area contributed by atoms with Crippen molar-refractivity contribution in [3.05, 3.63) is 0 Å².